The first kappa shape index (κ1) is 24.2. The summed E-state index contributed by atoms with van der Waals surface area (Å²) in [6.45, 7) is 5.56. The van der Waals surface area contributed by atoms with Gasteiger partial charge < -0.3 is 19.1 Å². The zero-order valence-electron chi connectivity index (χ0n) is 16.9. The molecule has 0 bridgehead atoms. The number of aromatic nitrogens is 1. The minimum absolute atomic E-state index is 0. The van der Waals surface area contributed by atoms with Gasteiger partial charge in [0.15, 0.2) is 6.10 Å². The Morgan fingerprint density at radius 1 is 1.03 bits per heavy atom. The third kappa shape index (κ3) is 6.47. The zero-order valence-corrected chi connectivity index (χ0v) is 16.9. The molecule has 3 rings (SSSR count). The van der Waals surface area contributed by atoms with Crippen molar-refractivity contribution >= 4 is 35.5 Å². The predicted octanol–water partition coefficient (Wildman–Crippen LogP) is 3.93. The summed E-state index contributed by atoms with van der Waals surface area (Å²) in [5.74, 6) is -0.174. The van der Waals surface area contributed by atoms with Crippen LogP contribution in [0.3, 0.4) is 0 Å². The quantitative estimate of drug-likeness (QED) is 0.508. The molecule has 1 aromatic heterocycles. The Kier molecular flexibility index (Phi) is 9.66. The van der Waals surface area contributed by atoms with Crippen molar-refractivity contribution in [1.82, 2.24) is 4.57 Å². The third-order valence-electron chi connectivity index (χ3n) is 4.84. The molecule has 1 atom stereocenters. The molecular weight excluding hydrogens is 389 g/mol. The molecule has 3 aromatic rings. The zero-order chi connectivity index (χ0) is 20.6. The number of carbonyl (C=O) groups is 1. The van der Waals surface area contributed by atoms with Crippen LogP contribution in [0.25, 0.3) is 11.3 Å². The molecule has 0 aliphatic rings. The average molecular weight is 417 g/mol. The molecule has 1 unspecified atom stereocenters. The fourth-order valence-corrected chi connectivity index (χ4v) is 3.34. The van der Waals surface area contributed by atoms with Crippen molar-refractivity contribution in [2.45, 2.75) is 32.9 Å². The summed E-state index contributed by atoms with van der Waals surface area (Å²) in [6.07, 6.45) is -0.480. The van der Waals surface area contributed by atoms with E-state index in [0.717, 1.165) is 17.9 Å². The average Bonchev–Trinajstić information content (AvgIpc) is 3.10. The van der Waals surface area contributed by atoms with Gasteiger partial charge in [0, 0.05) is 24.4 Å². The second-order valence-electron chi connectivity index (χ2n) is 6.86. The molecule has 2 aromatic carbocycles. The van der Waals surface area contributed by atoms with Crippen molar-refractivity contribution in [3.05, 3.63) is 78.0 Å². The summed E-state index contributed by atoms with van der Waals surface area (Å²) in [7, 11) is 0. The fraction of sp³-hybridized carbons (Fsp3) is 0.292. The van der Waals surface area contributed by atoms with E-state index in [2.05, 4.69) is 35.8 Å². The Labute approximate surface area is 199 Å². The van der Waals surface area contributed by atoms with E-state index in [-0.39, 0.29) is 29.6 Å². The van der Waals surface area contributed by atoms with Crippen LogP contribution in [0.2, 0.25) is 0 Å². The van der Waals surface area contributed by atoms with Crippen LogP contribution >= 0.6 is 0 Å². The van der Waals surface area contributed by atoms with Crippen LogP contribution in [0.1, 0.15) is 18.2 Å². The molecule has 1 N–H and O–H groups in total. The van der Waals surface area contributed by atoms with Crippen LogP contribution in [-0.4, -0.2) is 64.5 Å². The van der Waals surface area contributed by atoms with Gasteiger partial charge in [-0.3, -0.25) is 0 Å². The predicted molar refractivity (Wildman–Crippen MR) is 120 cm³/mol. The number of hydrogen-bond donors (Lipinski definition) is 1. The molecule has 0 aliphatic heterocycles. The second kappa shape index (κ2) is 12.0. The Hall–Kier alpha value is -2.05. The van der Waals surface area contributed by atoms with Gasteiger partial charge in [-0.25, -0.2) is 4.79 Å². The SMILES string of the molecule is CCOC(Cc1ccc(OCCn2c(C)ccc2-c2ccccc2)cc1)C(=O)O.[NaH]. The fourth-order valence-electron chi connectivity index (χ4n) is 3.34. The molecule has 6 heteroatoms. The Morgan fingerprint density at radius 2 is 1.73 bits per heavy atom. The molecule has 0 amide bonds. The van der Waals surface area contributed by atoms with E-state index in [1.807, 2.05) is 42.5 Å². The monoisotopic (exact) mass is 417 g/mol. The van der Waals surface area contributed by atoms with E-state index in [0.29, 0.717) is 19.6 Å². The van der Waals surface area contributed by atoms with E-state index < -0.39 is 12.1 Å². The number of carboxylic acid groups (broad SMARTS) is 1. The summed E-state index contributed by atoms with van der Waals surface area (Å²) in [6, 6.07) is 22.1. The first-order valence-electron chi connectivity index (χ1n) is 9.86. The standard InChI is InChI=1S/C24H27NO4.Na.H/c1-3-28-23(24(26)27)17-19-10-12-21(13-11-19)29-16-15-25-18(2)9-14-22(25)20-7-5-4-6-8-20;;/h4-14,23H,3,15-17H2,1-2H3,(H,26,27);;. The molecule has 0 saturated carbocycles. The molecule has 0 aliphatic carbocycles. The molecular formula is C24H28NNaO4. The topological polar surface area (TPSA) is 60.7 Å². The third-order valence-corrected chi connectivity index (χ3v) is 4.84. The van der Waals surface area contributed by atoms with Crippen molar-refractivity contribution in [3.8, 4) is 17.0 Å². The number of rotatable bonds is 10. The minimum atomic E-state index is -0.941. The van der Waals surface area contributed by atoms with Gasteiger partial charge in [-0.15, -0.1) is 0 Å². The van der Waals surface area contributed by atoms with Gasteiger partial charge in [0.05, 0.1) is 6.54 Å². The van der Waals surface area contributed by atoms with Crippen LogP contribution in [0, 0.1) is 6.92 Å². The Balaban J connectivity index is 0.00000320. The van der Waals surface area contributed by atoms with Gasteiger partial charge in [0.25, 0.3) is 0 Å². The molecule has 0 saturated heterocycles. The van der Waals surface area contributed by atoms with Gasteiger partial charge in [-0.1, -0.05) is 42.5 Å². The van der Waals surface area contributed by atoms with Crippen LogP contribution in [0.4, 0.5) is 0 Å². The van der Waals surface area contributed by atoms with Crippen molar-refractivity contribution < 1.29 is 19.4 Å². The van der Waals surface area contributed by atoms with E-state index in [1.54, 1.807) is 6.92 Å². The van der Waals surface area contributed by atoms with E-state index >= 15 is 0 Å². The number of nitrogens with zero attached hydrogens (tertiary/aromatic N) is 1. The first-order valence-corrected chi connectivity index (χ1v) is 9.86. The summed E-state index contributed by atoms with van der Waals surface area (Å²) in [5, 5.41) is 9.20. The summed E-state index contributed by atoms with van der Waals surface area (Å²) >= 11 is 0. The maximum atomic E-state index is 11.2. The number of ether oxygens (including phenoxy) is 2. The number of aliphatic carboxylic acids is 1. The Morgan fingerprint density at radius 3 is 2.37 bits per heavy atom. The molecule has 0 fully saturated rings. The van der Waals surface area contributed by atoms with E-state index in [4.69, 9.17) is 9.47 Å². The van der Waals surface area contributed by atoms with Crippen molar-refractivity contribution in [2.75, 3.05) is 13.2 Å². The van der Waals surface area contributed by atoms with Gasteiger partial charge in [0.1, 0.15) is 12.4 Å². The van der Waals surface area contributed by atoms with Gasteiger partial charge in [0.2, 0.25) is 0 Å². The van der Waals surface area contributed by atoms with Gasteiger partial charge in [-0.05, 0) is 49.2 Å². The van der Waals surface area contributed by atoms with Gasteiger partial charge in [-0.2, -0.15) is 0 Å². The van der Waals surface area contributed by atoms with Crippen molar-refractivity contribution in [3.63, 3.8) is 0 Å². The van der Waals surface area contributed by atoms with Crippen LogP contribution < -0.4 is 4.74 Å². The van der Waals surface area contributed by atoms with E-state index in [1.165, 1.54) is 17.0 Å². The number of benzene rings is 2. The Bertz CT molecular complexity index is 922. The molecule has 30 heavy (non-hydrogen) atoms. The number of carboxylic acids is 1. The molecule has 0 spiro atoms. The van der Waals surface area contributed by atoms with Gasteiger partial charge >= 0.3 is 35.5 Å². The molecule has 5 nitrogen and oxygen atoms in total. The van der Waals surface area contributed by atoms with Crippen LogP contribution in [-0.2, 0) is 22.5 Å². The molecule has 0 radical (unpaired) electrons. The molecule has 1 heterocycles. The summed E-state index contributed by atoms with van der Waals surface area (Å²) in [4.78, 5) is 11.2. The first-order chi connectivity index (χ1) is 14.1. The number of aryl methyl sites for hydroxylation is 1. The summed E-state index contributed by atoms with van der Waals surface area (Å²) in [5.41, 5.74) is 4.47. The van der Waals surface area contributed by atoms with E-state index in [9.17, 15) is 9.90 Å². The van der Waals surface area contributed by atoms with Crippen molar-refractivity contribution in [2.24, 2.45) is 0 Å². The maximum absolute atomic E-state index is 11.2. The van der Waals surface area contributed by atoms with Crippen molar-refractivity contribution in [1.29, 1.82) is 0 Å². The molecule has 154 valence electrons. The number of hydrogen-bond acceptors (Lipinski definition) is 3. The van der Waals surface area contributed by atoms with Crippen LogP contribution in [0.5, 0.6) is 5.75 Å². The van der Waals surface area contributed by atoms with Crippen LogP contribution in [0.15, 0.2) is 66.7 Å². The second-order valence-corrected chi connectivity index (χ2v) is 6.86. The normalized spacial score (nSPS) is 11.5. The summed E-state index contributed by atoms with van der Waals surface area (Å²) < 4.78 is 13.4.